The van der Waals surface area contributed by atoms with Gasteiger partial charge in [-0.05, 0) is 24.3 Å². The number of azo groups is 1. The molecule has 5 nitrogen and oxygen atoms in total. The highest BCUT2D eigenvalue weighted by molar-refractivity contribution is 5.58. The zero-order chi connectivity index (χ0) is 12.3. The molecule has 0 heterocycles. The fourth-order valence-corrected chi connectivity index (χ4v) is 1.26. The van der Waals surface area contributed by atoms with Gasteiger partial charge >= 0.3 is 0 Å². The van der Waals surface area contributed by atoms with Gasteiger partial charge in [-0.2, -0.15) is 10.2 Å². The zero-order valence-electron chi connectivity index (χ0n) is 8.91. The molecule has 0 spiro atoms. The smallest absolute Gasteiger partial charge is 0.140 e. The third kappa shape index (κ3) is 2.72. The first-order chi connectivity index (χ1) is 8.15. The van der Waals surface area contributed by atoms with Gasteiger partial charge in [0.25, 0.3) is 0 Å². The topological polar surface area (TPSA) is 91.2 Å². The van der Waals surface area contributed by atoms with Crippen LogP contribution < -0.4 is 5.73 Å². The average Bonchev–Trinajstić information content (AvgIpc) is 2.31. The van der Waals surface area contributed by atoms with Crippen molar-refractivity contribution in [2.45, 2.75) is 0 Å². The van der Waals surface area contributed by atoms with E-state index in [0.29, 0.717) is 17.1 Å². The van der Waals surface area contributed by atoms with Crippen molar-refractivity contribution in [3.63, 3.8) is 0 Å². The first-order valence-electron chi connectivity index (χ1n) is 4.94. The van der Waals surface area contributed by atoms with Crippen LogP contribution in [0.5, 0.6) is 11.5 Å². The van der Waals surface area contributed by atoms with Crippen molar-refractivity contribution in [2.75, 3.05) is 5.73 Å². The van der Waals surface area contributed by atoms with Gasteiger partial charge in [0.05, 0.1) is 17.1 Å². The first-order valence-corrected chi connectivity index (χ1v) is 4.94. The van der Waals surface area contributed by atoms with Crippen LogP contribution >= 0.6 is 0 Å². The van der Waals surface area contributed by atoms with Crippen LogP contribution in [0.1, 0.15) is 0 Å². The molecule has 0 aliphatic rings. The number of aromatic hydroxyl groups is 2. The minimum Gasteiger partial charge on any atom is -0.508 e. The number of rotatable bonds is 2. The maximum atomic E-state index is 9.37. The fourth-order valence-electron chi connectivity index (χ4n) is 1.26. The van der Waals surface area contributed by atoms with E-state index in [1.807, 2.05) is 0 Å². The Labute approximate surface area is 97.9 Å². The number of benzene rings is 2. The molecule has 2 aromatic carbocycles. The zero-order valence-corrected chi connectivity index (χ0v) is 8.91. The summed E-state index contributed by atoms with van der Waals surface area (Å²) in [7, 11) is 0. The lowest BCUT2D eigenvalue weighted by molar-refractivity contribution is 0.475. The molecule has 0 saturated heterocycles. The minimum absolute atomic E-state index is 0.0302. The summed E-state index contributed by atoms with van der Waals surface area (Å²) in [5.41, 5.74) is 6.77. The van der Waals surface area contributed by atoms with Gasteiger partial charge in [-0.25, -0.2) is 0 Å². The largest absolute Gasteiger partial charge is 0.508 e. The van der Waals surface area contributed by atoms with E-state index in [1.54, 1.807) is 30.3 Å². The molecule has 0 aliphatic heterocycles. The van der Waals surface area contributed by atoms with Crippen LogP contribution in [0.3, 0.4) is 0 Å². The fraction of sp³-hybridized carbons (Fsp3) is 0. The number of nitrogens with zero attached hydrogens (tertiary/aromatic N) is 2. The Kier molecular flexibility index (Phi) is 2.91. The first kappa shape index (κ1) is 10.9. The van der Waals surface area contributed by atoms with E-state index in [-0.39, 0.29) is 11.5 Å². The lowest BCUT2D eigenvalue weighted by Crippen LogP contribution is -1.83. The van der Waals surface area contributed by atoms with Crippen molar-refractivity contribution >= 4 is 17.1 Å². The van der Waals surface area contributed by atoms with Gasteiger partial charge in [-0.1, -0.05) is 6.07 Å². The van der Waals surface area contributed by atoms with E-state index in [0.717, 1.165) is 0 Å². The van der Waals surface area contributed by atoms with Crippen LogP contribution in [0, 0.1) is 0 Å². The molecule has 0 amide bonds. The Balaban J connectivity index is 2.23. The van der Waals surface area contributed by atoms with Gasteiger partial charge in [-0.15, -0.1) is 0 Å². The standard InChI is InChI=1S/C12H11N3O2/c13-11-5-4-9(7-12(11)17)15-14-8-2-1-3-10(16)6-8/h1-7,16-17H,13H2. The molecule has 2 rings (SSSR count). The Hall–Kier alpha value is -2.56. The second kappa shape index (κ2) is 4.52. The summed E-state index contributed by atoms with van der Waals surface area (Å²) in [6.07, 6.45) is 0. The van der Waals surface area contributed by atoms with Crippen molar-refractivity contribution in [3.05, 3.63) is 42.5 Å². The lowest BCUT2D eigenvalue weighted by Gasteiger charge is -1.98. The molecule has 0 bridgehead atoms. The SMILES string of the molecule is Nc1ccc(N=Nc2cccc(O)c2)cc1O. The molecule has 5 heteroatoms. The lowest BCUT2D eigenvalue weighted by atomic mass is 10.3. The number of hydrogen-bond acceptors (Lipinski definition) is 5. The number of phenols is 2. The second-order valence-electron chi connectivity index (χ2n) is 3.46. The molecule has 4 N–H and O–H groups in total. The molecule has 2 aromatic rings. The van der Waals surface area contributed by atoms with Gasteiger partial charge in [0.1, 0.15) is 11.5 Å². The summed E-state index contributed by atoms with van der Waals surface area (Å²) < 4.78 is 0. The van der Waals surface area contributed by atoms with Crippen molar-refractivity contribution in [1.82, 2.24) is 0 Å². The highest BCUT2D eigenvalue weighted by atomic mass is 16.3. The third-order valence-electron chi connectivity index (χ3n) is 2.12. The van der Waals surface area contributed by atoms with Gasteiger partial charge in [0.2, 0.25) is 0 Å². The molecule has 0 radical (unpaired) electrons. The summed E-state index contributed by atoms with van der Waals surface area (Å²) in [5, 5.41) is 26.4. The maximum Gasteiger partial charge on any atom is 0.140 e. The number of phenolic OH excluding ortho intramolecular Hbond substituents is 2. The Bertz CT molecular complexity index is 567. The highest BCUT2D eigenvalue weighted by Crippen LogP contribution is 2.27. The van der Waals surface area contributed by atoms with Gasteiger partial charge < -0.3 is 15.9 Å². The van der Waals surface area contributed by atoms with E-state index in [4.69, 9.17) is 5.73 Å². The summed E-state index contributed by atoms with van der Waals surface area (Å²) in [6.45, 7) is 0. The molecule has 86 valence electrons. The van der Waals surface area contributed by atoms with Crippen LogP contribution in [0.25, 0.3) is 0 Å². The average molecular weight is 229 g/mol. The Morgan fingerprint density at radius 2 is 1.59 bits per heavy atom. The molecule has 0 aromatic heterocycles. The molecule has 0 aliphatic carbocycles. The predicted octanol–water partition coefficient (Wildman–Crippen LogP) is 3.10. The Morgan fingerprint density at radius 3 is 2.24 bits per heavy atom. The molecule has 0 fully saturated rings. The highest BCUT2D eigenvalue weighted by Gasteiger charge is 1.98. The molecular weight excluding hydrogens is 218 g/mol. The van der Waals surface area contributed by atoms with Crippen LogP contribution in [0.2, 0.25) is 0 Å². The third-order valence-corrected chi connectivity index (χ3v) is 2.12. The van der Waals surface area contributed by atoms with Crippen LogP contribution in [0.15, 0.2) is 52.7 Å². The number of nitrogens with two attached hydrogens (primary N) is 1. The summed E-state index contributed by atoms with van der Waals surface area (Å²) in [5.74, 6) is 0.0963. The van der Waals surface area contributed by atoms with Crippen molar-refractivity contribution in [3.8, 4) is 11.5 Å². The molecule has 0 unspecified atom stereocenters. The van der Waals surface area contributed by atoms with E-state index >= 15 is 0 Å². The number of anilines is 1. The summed E-state index contributed by atoms with van der Waals surface area (Å²) >= 11 is 0. The Morgan fingerprint density at radius 1 is 0.882 bits per heavy atom. The van der Waals surface area contributed by atoms with E-state index in [2.05, 4.69) is 10.2 Å². The van der Waals surface area contributed by atoms with Crippen LogP contribution in [-0.4, -0.2) is 10.2 Å². The molecular formula is C12H11N3O2. The maximum absolute atomic E-state index is 9.37. The van der Waals surface area contributed by atoms with Gasteiger partial charge in [0.15, 0.2) is 0 Å². The van der Waals surface area contributed by atoms with Crippen molar-refractivity contribution in [1.29, 1.82) is 0 Å². The molecule has 0 atom stereocenters. The monoisotopic (exact) mass is 229 g/mol. The van der Waals surface area contributed by atoms with E-state index < -0.39 is 0 Å². The number of nitrogen functional groups attached to an aromatic ring is 1. The quantitative estimate of drug-likeness (QED) is 0.419. The van der Waals surface area contributed by atoms with Crippen molar-refractivity contribution in [2.24, 2.45) is 10.2 Å². The number of hydrogen-bond donors (Lipinski definition) is 3. The van der Waals surface area contributed by atoms with Crippen molar-refractivity contribution < 1.29 is 10.2 Å². The minimum atomic E-state index is -0.0302. The van der Waals surface area contributed by atoms with Crippen LogP contribution in [-0.2, 0) is 0 Å². The normalized spacial score (nSPS) is 10.8. The second-order valence-corrected chi connectivity index (χ2v) is 3.46. The molecule has 17 heavy (non-hydrogen) atoms. The summed E-state index contributed by atoms with van der Waals surface area (Å²) in [4.78, 5) is 0. The van der Waals surface area contributed by atoms with E-state index in [1.165, 1.54) is 12.1 Å². The van der Waals surface area contributed by atoms with Crippen LogP contribution in [0.4, 0.5) is 17.1 Å². The van der Waals surface area contributed by atoms with Gasteiger partial charge in [-0.3, -0.25) is 0 Å². The predicted molar refractivity (Wildman–Crippen MR) is 64.8 cm³/mol. The molecule has 0 saturated carbocycles. The van der Waals surface area contributed by atoms with Gasteiger partial charge in [0, 0.05) is 12.1 Å². The van der Waals surface area contributed by atoms with E-state index in [9.17, 15) is 10.2 Å². The summed E-state index contributed by atoms with van der Waals surface area (Å²) in [6, 6.07) is 11.0.